The first kappa shape index (κ1) is 10.2. The molecule has 0 spiro atoms. The van der Waals surface area contributed by atoms with Crippen molar-refractivity contribution < 1.29 is 4.39 Å². The molecule has 0 nitrogen and oxygen atoms in total. The van der Waals surface area contributed by atoms with Crippen LogP contribution in [0.5, 0.6) is 0 Å². The Kier molecular flexibility index (Phi) is 3.07. The second-order valence-electron chi connectivity index (χ2n) is 4.02. The van der Waals surface area contributed by atoms with E-state index in [9.17, 15) is 4.39 Å². The Balaban J connectivity index is 3.11. The fourth-order valence-electron chi connectivity index (χ4n) is 1.20. The van der Waals surface area contributed by atoms with Gasteiger partial charge in [-0.2, -0.15) is 0 Å². The third-order valence-electron chi connectivity index (χ3n) is 2.12. The van der Waals surface area contributed by atoms with Gasteiger partial charge in [0.2, 0.25) is 0 Å². The van der Waals surface area contributed by atoms with E-state index in [1.807, 2.05) is 0 Å². The molecule has 0 aliphatic rings. The molecule has 1 radical (unpaired) electrons. The summed E-state index contributed by atoms with van der Waals surface area (Å²) in [6.07, 6.45) is 0. The zero-order chi connectivity index (χ0) is 10.0. The summed E-state index contributed by atoms with van der Waals surface area (Å²) in [6, 6.07) is 6.38. The quantitative estimate of drug-likeness (QED) is 0.646. The molecule has 0 aliphatic carbocycles. The third-order valence-corrected chi connectivity index (χ3v) is 2.12. The van der Waals surface area contributed by atoms with Crippen molar-refractivity contribution in [2.45, 2.75) is 39.5 Å². The molecule has 0 aliphatic heterocycles. The lowest BCUT2D eigenvalue weighted by molar-refractivity contribution is 0.618. The first-order valence-electron chi connectivity index (χ1n) is 4.73. The Morgan fingerprint density at radius 2 is 1.38 bits per heavy atom. The van der Waals surface area contributed by atoms with Gasteiger partial charge in [-0.3, -0.25) is 0 Å². The number of rotatable bonds is 2. The molecule has 1 aromatic carbocycles. The predicted octanol–water partition coefficient (Wildman–Crippen LogP) is 3.87. The fraction of sp³-hybridized carbons (Fsp3) is 0.500. The Labute approximate surface area is 79.8 Å². The molecule has 0 saturated carbocycles. The van der Waals surface area contributed by atoms with E-state index < -0.39 is 0 Å². The summed E-state index contributed by atoms with van der Waals surface area (Å²) < 4.78 is 13.1. The maximum atomic E-state index is 13.1. The summed E-state index contributed by atoms with van der Waals surface area (Å²) >= 11 is 0. The highest BCUT2D eigenvalue weighted by Gasteiger charge is 2.06. The average molecular weight is 179 g/mol. The molecule has 0 atom stereocenters. The Bertz CT molecular complexity index is 261. The summed E-state index contributed by atoms with van der Waals surface area (Å²) in [6.45, 7) is 8.20. The smallest absolute Gasteiger partial charge is 0.123 e. The van der Waals surface area contributed by atoms with Crippen LogP contribution in [0.3, 0.4) is 0 Å². The van der Waals surface area contributed by atoms with E-state index in [4.69, 9.17) is 0 Å². The van der Waals surface area contributed by atoms with Crippen molar-refractivity contribution in [1.29, 1.82) is 0 Å². The van der Waals surface area contributed by atoms with Crippen molar-refractivity contribution in [2.24, 2.45) is 0 Å². The molecule has 0 N–H and O–H groups in total. The van der Waals surface area contributed by atoms with Crippen molar-refractivity contribution in [3.8, 4) is 0 Å². The van der Waals surface area contributed by atoms with E-state index in [1.165, 1.54) is 0 Å². The molecular formula is C12H16F. The second-order valence-corrected chi connectivity index (χ2v) is 4.02. The number of halogens is 1. The Hall–Kier alpha value is -0.850. The van der Waals surface area contributed by atoms with Crippen molar-refractivity contribution in [3.63, 3.8) is 0 Å². The minimum Gasteiger partial charge on any atom is -0.207 e. The van der Waals surface area contributed by atoms with Gasteiger partial charge in [-0.25, -0.2) is 4.39 Å². The van der Waals surface area contributed by atoms with E-state index in [-0.39, 0.29) is 5.82 Å². The minimum absolute atomic E-state index is 0.147. The number of hydrogen-bond acceptors (Lipinski definition) is 0. The van der Waals surface area contributed by atoms with Crippen LogP contribution >= 0.6 is 0 Å². The van der Waals surface area contributed by atoms with Crippen molar-refractivity contribution in [1.82, 2.24) is 0 Å². The molecule has 0 amide bonds. The Morgan fingerprint density at radius 1 is 1.00 bits per heavy atom. The van der Waals surface area contributed by atoms with E-state index in [2.05, 4.69) is 33.8 Å². The van der Waals surface area contributed by atoms with Crippen LogP contribution in [0, 0.1) is 11.9 Å². The van der Waals surface area contributed by atoms with Gasteiger partial charge >= 0.3 is 0 Å². The van der Waals surface area contributed by atoms with Crippen LogP contribution in [0.1, 0.15) is 50.7 Å². The monoisotopic (exact) mass is 179 g/mol. The van der Waals surface area contributed by atoms with Crippen molar-refractivity contribution in [2.75, 3.05) is 0 Å². The largest absolute Gasteiger partial charge is 0.207 e. The zero-order valence-electron chi connectivity index (χ0n) is 8.69. The van der Waals surface area contributed by atoms with Gasteiger partial charge in [0.15, 0.2) is 0 Å². The molecule has 0 fully saturated rings. The highest BCUT2D eigenvalue weighted by Crippen LogP contribution is 2.21. The average Bonchev–Trinajstić information content (AvgIpc) is 2.03. The van der Waals surface area contributed by atoms with Gasteiger partial charge in [0.1, 0.15) is 5.82 Å². The Morgan fingerprint density at radius 3 is 1.69 bits per heavy atom. The molecule has 1 heteroatoms. The lowest BCUT2D eigenvalue weighted by atomic mass is 9.96. The number of hydrogen-bond donors (Lipinski definition) is 0. The van der Waals surface area contributed by atoms with Crippen LogP contribution in [0.2, 0.25) is 0 Å². The molecule has 0 bridgehead atoms. The summed E-state index contributed by atoms with van der Waals surface area (Å²) in [4.78, 5) is 0. The van der Waals surface area contributed by atoms with Gasteiger partial charge in [-0.1, -0.05) is 27.7 Å². The molecule has 1 rings (SSSR count). The van der Waals surface area contributed by atoms with E-state index in [0.29, 0.717) is 11.8 Å². The second kappa shape index (κ2) is 3.91. The van der Waals surface area contributed by atoms with E-state index >= 15 is 0 Å². The predicted molar refractivity (Wildman–Crippen MR) is 53.4 cm³/mol. The lowest BCUT2D eigenvalue weighted by Gasteiger charge is -2.10. The van der Waals surface area contributed by atoms with Crippen LogP contribution in [-0.4, -0.2) is 0 Å². The molecule has 71 valence electrons. The van der Waals surface area contributed by atoms with Crippen molar-refractivity contribution in [3.05, 3.63) is 35.1 Å². The maximum absolute atomic E-state index is 13.1. The van der Waals surface area contributed by atoms with Crippen LogP contribution in [0.25, 0.3) is 0 Å². The molecular weight excluding hydrogens is 163 g/mol. The van der Waals surface area contributed by atoms with Crippen LogP contribution in [-0.2, 0) is 0 Å². The number of benzene rings is 1. The highest BCUT2D eigenvalue weighted by molar-refractivity contribution is 5.27. The summed E-state index contributed by atoms with van der Waals surface area (Å²) in [5, 5.41) is 0. The summed E-state index contributed by atoms with van der Waals surface area (Å²) in [7, 11) is 0. The fourth-order valence-corrected chi connectivity index (χ4v) is 1.20. The topological polar surface area (TPSA) is 0 Å². The molecule has 0 aromatic heterocycles. The van der Waals surface area contributed by atoms with Gasteiger partial charge in [0.05, 0.1) is 0 Å². The SMILES string of the molecule is CC(C)c1[c]c(C(C)C)cc(F)c1. The van der Waals surface area contributed by atoms with Gasteiger partial charge in [-0.15, -0.1) is 0 Å². The van der Waals surface area contributed by atoms with E-state index in [0.717, 1.165) is 11.1 Å². The van der Waals surface area contributed by atoms with E-state index in [1.54, 1.807) is 12.1 Å². The van der Waals surface area contributed by atoms with Gasteiger partial charge in [-0.05, 0) is 41.2 Å². The first-order valence-corrected chi connectivity index (χ1v) is 4.73. The van der Waals surface area contributed by atoms with Gasteiger partial charge < -0.3 is 0 Å². The molecule has 1 aromatic rings. The highest BCUT2D eigenvalue weighted by atomic mass is 19.1. The lowest BCUT2D eigenvalue weighted by Crippen LogP contribution is -1.95. The van der Waals surface area contributed by atoms with Gasteiger partial charge in [0.25, 0.3) is 0 Å². The standard InChI is InChI=1S/C12H16F/c1-8(2)10-5-11(9(3)4)7-12(13)6-10/h6-9H,1-4H3. The van der Waals surface area contributed by atoms with Crippen LogP contribution in [0.4, 0.5) is 4.39 Å². The molecule has 0 heterocycles. The third kappa shape index (κ3) is 2.55. The first-order chi connectivity index (χ1) is 6.00. The van der Waals surface area contributed by atoms with Crippen LogP contribution < -0.4 is 0 Å². The summed E-state index contributed by atoms with van der Waals surface area (Å²) in [5.74, 6) is 0.535. The summed E-state index contributed by atoms with van der Waals surface area (Å²) in [5.41, 5.74) is 1.92. The molecule has 0 unspecified atom stereocenters. The van der Waals surface area contributed by atoms with Crippen molar-refractivity contribution >= 4 is 0 Å². The normalized spacial score (nSPS) is 11.3. The van der Waals surface area contributed by atoms with Crippen LogP contribution in [0.15, 0.2) is 12.1 Å². The zero-order valence-corrected chi connectivity index (χ0v) is 8.69. The van der Waals surface area contributed by atoms with Gasteiger partial charge in [0, 0.05) is 0 Å². The molecule has 13 heavy (non-hydrogen) atoms. The minimum atomic E-state index is -0.147. The molecule has 0 saturated heterocycles. The maximum Gasteiger partial charge on any atom is 0.123 e.